The molecule has 1 heterocycles. The van der Waals surface area contributed by atoms with E-state index in [2.05, 4.69) is 20.9 Å². The molecule has 24 heavy (non-hydrogen) atoms. The Morgan fingerprint density at radius 2 is 1.71 bits per heavy atom. The average molecular weight is 388 g/mol. The molecule has 0 N–H and O–H groups in total. The highest BCUT2D eigenvalue weighted by molar-refractivity contribution is 9.10. The summed E-state index contributed by atoms with van der Waals surface area (Å²) in [6, 6.07) is 12.7. The van der Waals surface area contributed by atoms with Crippen LogP contribution in [-0.2, 0) is 9.53 Å². The van der Waals surface area contributed by atoms with Crippen molar-refractivity contribution < 1.29 is 19.0 Å². The van der Waals surface area contributed by atoms with E-state index in [1.165, 1.54) is 0 Å². The Kier molecular flexibility index (Phi) is 4.66. The molecule has 2 aromatic carbocycles. The van der Waals surface area contributed by atoms with Crippen molar-refractivity contribution in [2.75, 3.05) is 14.2 Å². The molecule has 0 fully saturated rings. The molecule has 1 aliphatic rings. The summed E-state index contributed by atoms with van der Waals surface area (Å²) in [5, 5.41) is 0. The summed E-state index contributed by atoms with van der Waals surface area (Å²) in [7, 11) is 3.19. The van der Waals surface area contributed by atoms with E-state index in [0.717, 1.165) is 15.8 Å². The van der Waals surface area contributed by atoms with E-state index in [-0.39, 0.29) is 11.6 Å². The summed E-state index contributed by atoms with van der Waals surface area (Å²) in [5.41, 5.74) is 1.77. The van der Waals surface area contributed by atoms with Crippen LogP contribution >= 0.6 is 15.9 Å². The standard InChI is InChI=1S/C18H14BrNO4/c1-22-12-5-3-11(4-6-12)9-16-18(21)24-17(20-16)14-8-7-13(23-2)10-15(14)19/h3-10H,1-2H3/b16-9-. The van der Waals surface area contributed by atoms with Crippen molar-refractivity contribution in [1.82, 2.24) is 0 Å². The summed E-state index contributed by atoms with van der Waals surface area (Å²) in [5.74, 6) is 1.22. The zero-order valence-corrected chi connectivity index (χ0v) is 14.7. The quantitative estimate of drug-likeness (QED) is 0.591. The van der Waals surface area contributed by atoms with E-state index in [1.807, 2.05) is 24.3 Å². The first-order valence-electron chi connectivity index (χ1n) is 7.11. The minimum absolute atomic E-state index is 0.248. The molecule has 1 aliphatic heterocycles. The van der Waals surface area contributed by atoms with Crippen LogP contribution in [0.3, 0.4) is 0 Å². The molecule has 122 valence electrons. The number of rotatable bonds is 4. The number of halogens is 1. The van der Waals surface area contributed by atoms with Gasteiger partial charge >= 0.3 is 5.97 Å². The van der Waals surface area contributed by atoms with Crippen LogP contribution in [0.2, 0.25) is 0 Å². The van der Waals surface area contributed by atoms with Crippen molar-refractivity contribution in [2.45, 2.75) is 0 Å². The molecule has 0 aromatic heterocycles. The molecule has 0 saturated heterocycles. The minimum atomic E-state index is -0.483. The molecule has 0 atom stereocenters. The smallest absolute Gasteiger partial charge is 0.363 e. The van der Waals surface area contributed by atoms with Crippen LogP contribution < -0.4 is 9.47 Å². The third-order valence-electron chi connectivity index (χ3n) is 3.45. The Morgan fingerprint density at radius 1 is 1.04 bits per heavy atom. The van der Waals surface area contributed by atoms with Crippen molar-refractivity contribution in [2.24, 2.45) is 4.99 Å². The van der Waals surface area contributed by atoms with Crippen LogP contribution in [0, 0.1) is 0 Å². The lowest BCUT2D eigenvalue weighted by Gasteiger charge is -2.05. The molecule has 0 amide bonds. The molecule has 0 spiro atoms. The summed E-state index contributed by atoms with van der Waals surface area (Å²) in [6.45, 7) is 0. The van der Waals surface area contributed by atoms with Crippen molar-refractivity contribution in [3.63, 3.8) is 0 Å². The number of benzene rings is 2. The fraction of sp³-hybridized carbons (Fsp3) is 0.111. The number of ether oxygens (including phenoxy) is 3. The van der Waals surface area contributed by atoms with Crippen molar-refractivity contribution in [3.8, 4) is 11.5 Å². The lowest BCUT2D eigenvalue weighted by molar-refractivity contribution is -0.129. The van der Waals surface area contributed by atoms with Crippen molar-refractivity contribution in [3.05, 3.63) is 63.8 Å². The van der Waals surface area contributed by atoms with Gasteiger partial charge in [0.1, 0.15) is 11.5 Å². The molecule has 3 rings (SSSR count). The SMILES string of the molecule is COc1ccc(/C=C2\N=C(c3ccc(OC)cc3Br)OC2=O)cc1. The topological polar surface area (TPSA) is 57.1 Å². The van der Waals surface area contributed by atoms with Gasteiger partial charge in [-0.05, 0) is 57.9 Å². The second kappa shape index (κ2) is 6.88. The first kappa shape index (κ1) is 16.3. The summed E-state index contributed by atoms with van der Waals surface area (Å²) in [6.07, 6.45) is 1.67. The Hall–Kier alpha value is -2.60. The number of methoxy groups -OCH3 is 2. The van der Waals surface area contributed by atoms with Crippen LogP contribution in [-0.4, -0.2) is 26.1 Å². The largest absolute Gasteiger partial charge is 0.497 e. The highest BCUT2D eigenvalue weighted by Gasteiger charge is 2.25. The lowest BCUT2D eigenvalue weighted by Crippen LogP contribution is -2.06. The minimum Gasteiger partial charge on any atom is -0.497 e. The molecular weight excluding hydrogens is 374 g/mol. The predicted molar refractivity (Wildman–Crippen MR) is 94.3 cm³/mol. The van der Waals surface area contributed by atoms with Crippen LogP contribution in [0.5, 0.6) is 11.5 Å². The van der Waals surface area contributed by atoms with Gasteiger partial charge in [-0.15, -0.1) is 0 Å². The fourth-order valence-electron chi connectivity index (χ4n) is 2.18. The molecular formula is C18H14BrNO4. The third-order valence-corrected chi connectivity index (χ3v) is 4.10. The van der Waals surface area contributed by atoms with E-state index >= 15 is 0 Å². The van der Waals surface area contributed by atoms with Crippen LogP contribution in [0.15, 0.2) is 57.6 Å². The van der Waals surface area contributed by atoms with Gasteiger partial charge in [-0.2, -0.15) is 0 Å². The highest BCUT2D eigenvalue weighted by atomic mass is 79.9. The third kappa shape index (κ3) is 3.33. The number of aliphatic imine (C=N–C) groups is 1. The molecule has 2 aromatic rings. The second-order valence-corrected chi connectivity index (χ2v) is 5.81. The number of nitrogens with zero attached hydrogens (tertiary/aromatic N) is 1. The maximum atomic E-state index is 12.1. The maximum Gasteiger partial charge on any atom is 0.363 e. The second-order valence-electron chi connectivity index (χ2n) is 4.95. The molecule has 0 unspecified atom stereocenters. The summed E-state index contributed by atoms with van der Waals surface area (Å²) in [4.78, 5) is 16.3. The zero-order chi connectivity index (χ0) is 17.1. The fourth-order valence-corrected chi connectivity index (χ4v) is 2.71. The van der Waals surface area contributed by atoms with Crippen LogP contribution in [0.25, 0.3) is 6.08 Å². The van der Waals surface area contributed by atoms with Gasteiger partial charge in [0.15, 0.2) is 5.70 Å². The van der Waals surface area contributed by atoms with Gasteiger partial charge in [-0.1, -0.05) is 12.1 Å². The number of carbonyl (C=O) groups is 1. The highest BCUT2D eigenvalue weighted by Crippen LogP contribution is 2.27. The monoisotopic (exact) mass is 387 g/mol. The average Bonchev–Trinajstić information content (AvgIpc) is 2.95. The van der Waals surface area contributed by atoms with Gasteiger partial charge in [0.25, 0.3) is 0 Å². The number of hydrogen-bond acceptors (Lipinski definition) is 5. The van der Waals surface area contributed by atoms with Gasteiger partial charge in [0, 0.05) is 4.47 Å². The van der Waals surface area contributed by atoms with E-state index in [0.29, 0.717) is 11.3 Å². The van der Waals surface area contributed by atoms with Crippen LogP contribution in [0.1, 0.15) is 11.1 Å². The van der Waals surface area contributed by atoms with E-state index < -0.39 is 5.97 Å². The Labute approximate surface area is 147 Å². The molecule has 6 heteroatoms. The van der Waals surface area contributed by atoms with Gasteiger partial charge in [-0.25, -0.2) is 9.79 Å². The number of carbonyl (C=O) groups excluding carboxylic acids is 1. The summed E-state index contributed by atoms with van der Waals surface area (Å²) >= 11 is 3.44. The Bertz CT molecular complexity index is 841. The molecule has 0 aliphatic carbocycles. The van der Waals surface area contributed by atoms with Gasteiger partial charge < -0.3 is 14.2 Å². The Morgan fingerprint density at radius 3 is 2.33 bits per heavy atom. The predicted octanol–water partition coefficient (Wildman–Crippen LogP) is 3.81. The van der Waals surface area contributed by atoms with Gasteiger partial charge in [-0.3, -0.25) is 0 Å². The number of cyclic esters (lactones) is 1. The molecule has 0 saturated carbocycles. The first-order chi connectivity index (χ1) is 11.6. The molecule has 5 nitrogen and oxygen atoms in total. The normalized spacial score (nSPS) is 15.2. The lowest BCUT2D eigenvalue weighted by atomic mass is 10.2. The van der Waals surface area contributed by atoms with E-state index in [9.17, 15) is 4.79 Å². The van der Waals surface area contributed by atoms with Crippen LogP contribution in [0.4, 0.5) is 0 Å². The molecule has 0 bridgehead atoms. The maximum absolute atomic E-state index is 12.1. The number of hydrogen-bond donors (Lipinski definition) is 0. The summed E-state index contributed by atoms with van der Waals surface area (Å²) < 4.78 is 16.3. The van der Waals surface area contributed by atoms with Crippen molar-refractivity contribution in [1.29, 1.82) is 0 Å². The van der Waals surface area contributed by atoms with E-state index in [1.54, 1.807) is 38.5 Å². The van der Waals surface area contributed by atoms with Crippen molar-refractivity contribution >= 4 is 33.9 Å². The van der Waals surface area contributed by atoms with Gasteiger partial charge in [0.2, 0.25) is 5.90 Å². The van der Waals surface area contributed by atoms with E-state index in [4.69, 9.17) is 14.2 Å². The zero-order valence-electron chi connectivity index (χ0n) is 13.1. The Balaban J connectivity index is 1.91. The first-order valence-corrected chi connectivity index (χ1v) is 7.90. The molecule has 0 radical (unpaired) electrons. The van der Waals surface area contributed by atoms with Gasteiger partial charge in [0.05, 0.1) is 19.8 Å². The number of esters is 1.